The van der Waals surface area contributed by atoms with E-state index in [2.05, 4.69) is 19.1 Å². The molecule has 0 aromatic heterocycles. The first-order valence-electron chi connectivity index (χ1n) is 4.65. The van der Waals surface area contributed by atoms with Crippen LogP contribution in [0, 0.1) is 0 Å². The molecule has 0 atom stereocenters. The lowest BCUT2D eigenvalue weighted by Crippen LogP contribution is -1.89. The van der Waals surface area contributed by atoms with Gasteiger partial charge in [0.15, 0.2) is 0 Å². The van der Waals surface area contributed by atoms with Crippen LogP contribution >= 0.6 is 11.6 Å². The maximum absolute atomic E-state index is 5.63. The normalized spacial score (nSPS) is 11.5. The Morgan fingerprint density at radius 1 is 1.43 bits per heavy atom. The van der Waals surface area contributed by atoms with Gasteiger partial charge in [-0.15, -0.1) is 11.6 Å². The van der Waals surface area contributed by atoms with E-state index in [0.29, 0.717) is 5.88 Å². The van der Waals surface area contributed by atoms with Crippen LogP contribution < -0.4 is 4.74 Å². The summed E-state index contributed by atoms with van der Waals surface area (Å²) < 4.78 is 5.27. The van der Waals surface area contributed by atoms with Gasteiger partial charge >= 0.3 is 0 Å². The molecule has 2 heteroatoms. The summed E-state index contributed by atoms with van der Waals surface area (Å²) in [7, 11) is 1.69. The van der Waals surface area contributed by atoms with Crippen LogP contribution in [-0.2, 0) is 0 Å². The van der Waals surface area contributed by atoms with Crippen molar-refractivity contribution < 1.29 is 4.74 Å². The monoisotopic (exact) mass is 210 g/mol. The number of para-hydroxylation sites is 1. The molecule has 0 spiro atoms. The summed E-state index contributed by atoms with van der Waals surface area (Å²) in [6, 6.07) is 8.00. The molecule has 76 valence electrons. The first kappa shape index (κ1) is 11.1. The fourth-order valence-corrected chi connectivity index (χ4v) is 1.46. The molecule has 0 aliphatic heterocycles. The van der Waals surface area contributed by atoms with E-state index in [0.717, 1.165) is 17.7 Å². The van der Waals surface area contributed by atoms with Crippen LogP contribution in [0.25, 0.3) is 5.57 Å². The lowest BCUT2D eigenvalue weighted by molar-refractivity contribution is 0.413. The molecule has 0 fully saturated rings. The quantitative estimate of drug-likeness (QED) is 0.689. The highest BCUT2D eigenvalue weighted by Crippen LogP contribution is 2.25. The van der Waals surface area contributed by atoms with E-state index in [1.807, 2.05) is 18.2 Å². The minimum Gasteiger partial charge on any atom is -0.496 e. The Bertz CT molecular complexity index is 318. The molecular weight excluding hydrogens is 196 g/mol. The van der Waals surface area contributed by atoms with Crippen LogP contribution in [0.15, 0.2) is 30.3 Å². The van der Waals surface area contributed by atoms with Crippen molar-refractivity contribution in [2.45, 2.75) is 13.3 Å². The van der Waals surface area contributed by atoms with Gasteiger partial charge in [-0.3, -0.25) is 0 Å². The van der Waals surface area contributed by atoms with Gasteiger partial charge in [0.2, 0.25) is 0 Å². The van der Waals surface area contributed by atoms with Crippen molar-refractivity contribution in [3.05, 3.63) is 35.9 Å². The Balaban J connectivity index is 2.93. The van der Waals surface area contributed by atoms with Gasteiger partial charge in [0.1, 0.15) is 5.75 Å². The van der Waals surface area contributed by atoms with Gasteiger partial charge < -0.3 is 4.74 Å². The summed E-state index contributed by atoms with van der Waals surface area (Å²) in [5, 5.41) is 0. The maximum atomic E-state index is 5.63. The molecule has 0 saturated carbocycles. The van der Waals surface area contributed by atoms with Gasteiger partial charge in [0.05, 0.1) is 7.11 Å². The van der Waals surface area contributed by atoms with Crippen molar-refractivity contribution in [1.29, 1.82) is 0 Å². The Morgan fingerprint density at radius 2 is 2.14 bits per heavy atom. The van der Waals surface area contributed by atoms with Crippen LogP contribution in [0.3, 0.4) is 0 Å². The lowest BCUT2D eigenvalue weighted by atomic mass is 10.1. The van der Waals surface area contributed by atoms with Gasteiger partial charge in [-0.05, 0) is 25.0 Å². The molecule has 0 aliphatic rings. The largest absolute Gasteiger partial charge is 0.496 e. The number of hydrogen-bond acceptors (Lipinski definition) is 1. The predicted octanol–water partition coefficient (Wildman–Crippen LogP) is 3.73. The number of methoxy groups -OCH3 is 1. The summed E-state index contributed by atoms with van der Waals surface area (Å²) in [4.78, 5) is 0. The third-order valence-electron chi connectivity index (χ3n) is 2.09. The maximum Gasteiger partial charge on any atom is 0.126 e. The highest BCUT2D eigenvalue weighted by atomic mass is 35.5. The Labute approximate surface area is 90.3 Å². The van der Waals surface area contributed by atoms with E-state index >= 15 is 0 Å². The van der Waals surface area contributed by atoms with Gasteiger partial charge in [-0.2, -0.15) is 0 Å². The zero-order valence-electron chi connectivity index (χ0n) is 8.59. The number of ether oxygens (including phenoxy) is 1. The first-order chi connectivity index (χ1) is 6.79. The van der Waals surface area contributed by atoms with Crippen LogP contribution in [0.1, 0.15) is 18.9 Å². The summed E-state index contributed by atoms with van der Waals surface area (Å²) in [6.45, 7) is 2.07. The molecule has 0 N–H and O–H groups in total. The van der Waals surface area contributed by atoms with E-state index in [-0.39, 0.29) is 0 Å². The van der Waals surface area contributed by atoms with E-state index in [9.17, 15) is 0 Å². The Hall–Kier alpha value is -0.950. The smallest absolute Gasteiger partial charge is 0.126 e. The van der Waals surface area contributed by atoms with Crippen molar-refractivity contribution >= 4 is 17.2 Å². The highest BCUT2D eigenvalue weighted by Gasteiger charge is 2.02. The van der Waals surface area contributed by atoms with Gasteiger partial charge in [0, 0.05) is 11.4 Å². The summed E-state index contributed by atoms with van der Waals surface area (Å²) in [5.41, 5.74) is 2.35. The topological polar surface area (TPSA) is 9.23 Å². The van der Waals surface area contributed by atoms with E-state index in [1.54, 1.807) is 7.11 Å². The standard InChI is InChI=1S/C12H15ClO/c1-10(6-5-9-13)11-7-3-4-8-12(11)14-2/h3-4,6-8H,5,9H2,1-2H3. The molecule has 0 heterocycles. The van der Waals surface area contributed by atoms with Crippen molar-refractivity contribution in [2.24, 2.45) is 0 Å². The van der Waals surface area contributed by atoms with Gasteiger partial charge in [0.25, 0.3) is 0 Å². The molecule has 0 unspecified atom stereocenters. The first-order valence-corrected chi connectivity index (χ1v) is 5.19. The highest BCUT2D eigenvalue weighted by molar-refractivity contribution is 6.17. The van der Waals surface area contributed by atoms with Crippen molar-refractivity contribution in [3.63, 3.8) is 0 Å². The zero-order chi connectivity index (χ0) is 10.4. The number of hydrogen-bond donors (Lipinski definition) is 0. The number of allylic oxidation sites excluding steroid dienone is 2. The van der Waals surface area contributed by atoms with Crippen LogP contribution in [0.4, 0.5) is 0 Å². The van der Waals surface area contributed by atoms with E-state index < -0.39 is 0 Å². The van der Waals surface area contributed by atoms with Gasteiger partial charge in [-0.1, -0.05) is 24.3 Å². The SMILES string of the molecule is COc1ccccc1C(C)=CCCCl. The van der Waals surface area contributed by atoms with Crippen molar-refractivity contribution in [2.75, 3.05) is 13.0 Å². The molecule has 0 bridgehead atoms. The van der Waals surface area contributed by atoms with Crippen LogP contribution in [0.2, 0.25) is 0 Å². The number of halogens is 1. The lowest BCUT2D eigenvalue weighted by Gasteiger charge is -2.07. The second-order valence-corrected chi connectivity index (χ2v) is 3.44. The summed E-state index contributed by atoms with van der Waals surface area (Å²) in [5.74, 6) is 1.57. The van der Waals surface area contributed by atoms with E-state index in [4.69, 9.17) is 16.3 Å². The minimum atomic E-state index is 0.659. The third kappa shape index (κ3) is 2.78. The Kier molecular flexibility index (Phi) is 4.54. The average Bonchev–Trinajstić information content (AvgIpc) is 2.25. The fourth-order valence-electron chi connectivity index (χ4n) is 1.35. The average molecular weight is 211 g/mol. The molecule has 0 saturated heterocycles. The molecule has 0 radical (unpaired) electrons. The molecule has 1 rings (SSSR count). The van der Waals surface area contributed by atoms with Crippen LogP contribution in [-0.4, -0.2) is 13.0 Å². The van der Waals surface area contributed by atoms with Gasteiger partial charge in [-0.25, -0.2) is 0 Å². The predicted molar refractivity (Wildman–Crippen MR) is 62.0 cm³/mol. The Morgan fingerprint density at radius 3 is 2.79 bits per heavy atom. The minimum absolute atomic E-state index is 0.659. The molecule has 14 heavy (non-hydrogen) atoms. The molecule has 1 aromatic rings. The molecule has 1 aromatic carbocycles. The van der Waals surface area contributed by atoms with Crippen molar-refractivity contribution in [1.82, 2.24) is 0 Å². The second-order valence-electron chi connectivity index (χ2n) is 3.07. The van der Waals surface area contributed by atoms with Crippen LogP contribution in [0.5, 0.6) is 5.75 Å². The molecule has 0 amide bonds. The molecule has 1 nitrogen and oxygen atoms in total. The van der Waals surface area contributed by atoms with E-state index in [1.165, 1.54) is 5.57 Å². The summed E-state index contributed by atoms with van der Waals surface area (Å²) >= 11 is 5.63. The molecular formula is C12H15ClO. The fraction of sp³-hybridized carbons (Fsp3) is 0.333. The number of benzene rings is 1. The second kappa shape index (κ2) is 5.71. The summed E-state index contributed by atoms with van der Waals surface area (Å²) in [6.07, 6.45) is 3.02. The third-order valence-corrected chi connectivity index (χ3v) is 2.31. The zero-order valence-corrected chi connectivity index (χ0v) is 9.34. The number of rotatable bonds is 4. The molecule has 0 aliphatic carbocycles. The number of alkyl halides is 1. The van der Waals surface area contributed by atoms with Crippen molar-refractivity contribution in [3.8, 4) is 5.75 Å².